The van der Waals surface area contributed by atoms with Gasteiger partial charge in [-0.1, -0.05) is 19.4 Å². The van der Waals surface area contributed by atoms with Crippen LogP contribution in [0.5, 0.6) is 0 Å². The van der Waals surface area contributed by atoms with E-state index in [-0.39, 0.29) is 23.8 Å². The number of hydrogen-bond donors (Lipinski definition) is 1. The van der Waals surface area contributed by atoms with Crippen molar-refractivity contribution in [3.63, 3.8) is 0 Å². The van der Waals surface area contributed by atoms with E-state index in [1.54, 1.807) is 6.07 Å². The van der Waals surface area contributed by atoms with Crippen molar-refractivity contribution in [2.24, 2.45) is 0 Å². The van der Waals surface area contributed by atoms with E-state index < -0.39 is 0 Å². The predicted octanol–water partition coefficient (Wildman–Crippen LogP) is 2.43. The smallest absolute Gasteiger partial charge is 0.324 e. The van der Waals surface area contributed by atoms with Crippen LogP contribution in [0.25, 0.3) is 0 Å². The number of rotatable bonds is 7. The molecule has 1 N–H and O–H groups in total. The van der Waals surface area contributed by atoms with Crippen LogP contribution in [0.4, 0.5) is 4.79 Å². The quantitative estimate of drug-likeness (QED) is 0.620. The highest BCUT2D eigenvalue weighted by Gasteiger charge is 2.36. The molecule has 1 aliphatic heterocycles. The average molecular weight is 294 g/mol. The summed E-state index contributed by atoms with van der Waals surface area (Å²) in [6, 6.07) is 2.90. The molecule has 3 amide bonds. The zero-order valence-corrected chi connectivity index (χ0v) is 12.2. The fourth-order valence-electron chi connectivity index (χ4n) is 2.23. The topological polar surface area (TPSA) is 66.5 Å². The molecule has 1 atom stereocenters. The van der Waals surface area contributed by atoms with Crippen LogP contribution in [0.15, 0.2) is 17.5 Å². The Kier molecular flexibility index (Phi) is 4.89. The van der Waals surface area contributed by atoms with Crippen molar-refractivity contribution in [3.8, 4) is 0 Å². The summed E-state index contributed by atoms with van der Waals surface area (Å²) in [5.74, 6) is -0.0995. The van der Waals surface area contributed by atoms with Crippen LogP contribution < -0.4 is 5.32 Å². The van der Waals surface area contributed by atoms with Crippen molar-refractivity contribution in [1.82, 2.24) is 10.2 Å². The van der Waals surface area contributed by atoms with Gasteiger partial charge in [0.25, 0.3) is 5.91 Å². The molecular formula is C14H18N2O3S. The summed E-state index contributed by atoms with van der Waals surface area (Å²) in [4.78, 5) is 37.4. The average Bonchev–Trinajstić information content (AvgIpc) is 3.03. The molecule has 0 saturated carbocycles. The fraction of sp³-hybridized carbons (Fsp3) is 0.500. The lowest BCUT2D eigenvalue weighted by Gasteiger charge is -2.12. The second-order valence-corrected chi connectivity index (χ2v) is 5.73. The van der Waals surface area contributed by atoms with Gasteiger partial charge in [0.05, 0.1) is 4.88 Å². The fourth-order valence-corrected chi connectivity index (χ4v) is 2.93. The maximum atomic E-state index is 12.0. The van der Waals surface area contributed by atoms with Crippen molar-refractivity contribution in [1.29, 1.82) is 0 Å². The Bertz CT molecular complexity index is 499. The van der Waals surface area contributed by atoms with Crippen molar-refractivity contribution < 1.29 is 14.4 Å². The molecule has 20 heavy (non-hydrogen) atoms. The molecule has 0 spiro atoms. The van der Waals surface area contributed by atoms with Gasteiger partial charge in [-0.25, -0.2) is 4.79 Å². The molecule has 108 valence electrons. The normalized spacial score (nSPS) is 18.4. The van der Waals surface area contributed by atoms with Gasteiger partial charge in [-0.2, -0.15) is 0 Å². The van der Waals surface area contributed by atoms with Crippen LogP contribution in [0, 0.1) is 0 Å². The number of carbonyl (C=O) groups is 3. The number of Topliss-reactive ketones (excluding diaryl/α,β-unsaturated/α-hetero) is 1. The van der Waals surface area contributed by atoms with E-state index in [0.717, 1.165) is 11.3 Å². The molecule has 1 saturated heterocycles. The monoisotopic (exact) mass is 294 g/mol. The Morgan fingerprint density at radius 2 is 2.25 bits per heavy atom. The van der Waals surface area contributed by atoms with Crippen LogP contribution in [-0.2, 0) is 4.79 Å². The second kappa shape index (κ2) is 6.65. The first-order valence-corrected chi connectivity index (χ1v) is 7.70. The van der Waals surface area contributed by atoms with Gasteiger partial charge in [0.1, 0.15) is 6.04 Å². The second-order valence-electron chi connectivity index (χ2n) is 4.78. The zero-order valence-electron chi connectivity index (χ0n) is 11.4. The van der Waals surface area contributed by atoms with E-state index in [2.05, 4.69) is 5.32 Å². The van der Waals surface area contributed by atoms with E-state index in [0.29, 0.717) is 25.8 Å². The zero-order chi connectivity index (χ0) is 14.5. The molecule has 1 fully saturated rings. The Labute approximate surface area is 122 Å². The molecule has 6 heteroatoms. The molecule has 1 aromatic heterocycles. The number of nitrogens with one attached hydrogen (secondary N) is 1. The van der Waals surface area contributed by atoms with E-state index in [1.165, 1.54) is 16.2 Å². The third-order valence-corrected chi connectivity index (χ3v) is 4.18. The molecule has 0 aromatic carbocycles. The number of nitrogens with zero attached hydrogens (tertiary/aromatic N) is 1. The van der Waals surface area contributed by atoms with E-state index in [9.17, 15) is 14.4 Å². The standard InChI is InChI=1S/C14H18N2O3S/c1-2-5-10-13(18)16(14(19)15-10)8-3-6-11(17)12-7-4-9-20-12/h4,7,9-10H,2-3,5-6,8H2,1H3,(H,15,19). The summed E-state index contributed by atoms with van der Waals surface area (Å²) in [5.41, 5.74) is 0. The molecule has 0 bridgehead atoms. The first-order chi connectivity index (χ1) is 9.63. The van der Waals surface area contributed by atoms with E-state index in [1.807, 2.05) is 18.4 Å². The first-order valence-electron chi connectivity index (χ1n) is 6.82. The highest BCUT2D eigenvalue weighted by molar-refractivity contribution is 7.12. The number of hydrogen-bond acceptors (Lipinski definition) is 4. The maximum absolute atomic E-state index is 12.0. The van der Waals surface area contributed by atoms with Crippen molar-refractivity contribution in [3.05, 3.63) is 22.4 Å². The van der Waals surface area contributed by atoms with Crippen molar-refractivity contribution in [2.45, 2.75) is 38.6 Å². The lowest BCUT2D eigenvalue weighted by Crippen LogP contribution is -2.32. The van der Waals surface area contributed by atoms with Crippen molar-refractivity contribution in [2.75, 3.05) is 6.54 Å². The van der Waals surface area contributed by atoms with Gasteiger partial charge in [0, 0.05) is 13.0 Å². The van der Waals surface area contributed by atoms with Gasteiger partial charge in [0.2, 0.25) is 0 Å². The van der Waals surface area contributed by atoms with Gasteiger partial charge in [-0.15, -0.1) is 11.3 Å². The number of thiophene rings is 1. The SMILES string of the molecule is CCCC1NC(=O)N(CCCC(=O)c2cccs2)C1=O. The highest BCUT2D eigenvalue weighted by atomic mass is 32.1. The van der Waals surface area contributed by atoms with Gasteiger partial charge >= 0.3 is 6.03 Å². The molecule has 2 rings (SSSR count). The maximum Gasteiger partial charge on any atom is 0.324 e. The van der Waals surface area contributed by atoms with Crippen LogP contribution in [0.3, 0.4) is 0 Å². The summed E-state index contributed by atoms with van der Waals surface area (Å²) in [6.07, 6.45) is 2.38. The minimum absolute atomic E-state index is 0.0668. The molecule has 1 aromatic rings. The largest absolute Gasteiger partial charge is 0.326 e. The van der Waals surface area contributed by atoms with E-state index in [4.69, 9.17) is 0 Å². The minimum Gasteiger partial charge on any atom is -0.326 e. The third kappa shape index (κ3) is 3.25. The molecule has 0 aliphatic carbocycles. The van der Waals surface area contributed by atoms with Crippen LogP contribution >= 0.6 is 11.3 Å². The number of urea groups is 1. The molecule has 0 radical (unpaired) electrons. The van der Waals surface area contributed by atoms with Gasteiger partial charge in [-0.3, -0.25) is 14.5 Å². The Hall–Kier alpha value is -1.69. The third-order valence-electron chi connectivity index (χ3n) is 3.27. The van der Waals surface area contributed by atoms with Gasteiger partial charge in [-0.05, 0) is 24.3 Å². The lowest BCUT2D eigenvalue weighted by molar-refractivity contribution is -0.127. The van der Waals surface area contributed by atoms with Crippen LogP contribution in [0.2, 0.25) is 0 Å². The van der Waals surface area contributed by atoms with Crippen molar-refractivity contribution >= 4 is 29.1 Å². The molecule has 2 heterocycles. The Morgan fingerprint density at radius 3 is 2.90 bits per heavy atom. The predicted molar refractivity (Wildman–Crippen MR) is 76.8 cm³/mol. The Balaban J connectivity index is 1.81. The molecule has 5 nitrogen and oxygen atoms in total. The summed E-state index contributed by atoms with van der Waals surface area (Å²) >= 11 is 1.41. The summed E-state index contributed by atoms with van der Waals surface area (Å²) < 4.78 is 0. The number of carbonyl (C=O) groups excluding carboxylic acids is 3. The number of amides is 3. The summed E-state index contributed by atoms with van der Waals surface area (Å²) in [6.45, 7) is 2.28. The molecular weight excluding hydrogens is 276 g/mol. The van der Waals surface area contributed by atoms with Crippen LogP contribution in [-0.4, -0.2) is 35.2 Å². The van der Waals surface area contributed by atoms with Gasteiger partial charge in [0.15, 0.2) is 5.78 Å². The van der Waals surface area contributed by atoms with Gasteiger partial charge < -0.3 is 5.32 Å². The molecule has 1 aliphatic rings. The van der Waals surface area contributed by atoms with E-state index >= 15 is 0 Å². The Morgan fingerprint density at radius 1 is 1.45 bits per heavy atom. The number of imide groups is 1. The highest BCUT2D eigenvalue weighted by Crippen LogP contribution is 2.15. The minimum atomic E-state index is -0.388. The first kappa shape index (κ1) is 14.7. The number of ketones is 1. The summed E-state index contributed by atoms with van der Waals surface area (Å²) in [7, 11) is 0. The van der Waals surface area contributed by atoms with Crippen LogP contribution in [0.1, 0.15) is 42.3 Å². The molecule has 1 unspecified atom stereocenters. The lowest BCUT2D eigenvalue weighted by atomic mass is 10.1. The summed E-state index contributed by atoms with van der Waals surface area (Å²) in [5, 5.41) is 4.54.